The summed E-state index contributed by atoms with van der Waals surface area (Å²) < 4.78 is 23.8. The van der Waals surface area contributed by atoms with Gasteiger partial charge in [0.15, 0.2) is 18.1 Å². The van der Waals surface area contributed by atoms with Crippen LogP contribution in [0.4, 0.5) is 5.69 Å². The van der Waals surface area contributed by atoms with Crippen molar-refractivity contribution >= 4 is 58.1 Å². The number of imide groups is 2. The van der Waals surface area contributed by atoms with E-state index in [9.17, 15) is 38.8 Å². The Morgan fingerprint density at radius 3 is 2.25 bits per heavy atom. The third-order valence-corrected chi connectivity index (χ3v) is 11.9. The molecule has 2 saturated carbocycles. The Labute approximate surface area is 389 Å². The molecule has 68 heavy (non-hydrogen) atoms. The Bertz CT molecular complexity index is 2620. The first kappa shape index (κ1) is 47.2. The Hall–Kier alpha value is -7.35. The molecule has 0 bridgehead atoms. The molecule has 0 radical (unpaired) electrons. The van der Waals surface area contributed by atoms with Gasteiger partial charge in [-0.15, -0.1) is 0 Å². The molecule has 8 rings (SSSR count). The van der Waals surface area contributed by atoms with Crippen molar-refractivity contribution < 1.29 is 52.5 Å². The van der Waals surface area contributed by atoms with Crippen LogP contribution in [0.25, 0.3) is 16.9 Å². The van der Waals surface area contributed by atoms with E-state index >= 15 is 0 Å². The predicted octanol–water partition coefficient (Wildman–Crippen LogP) is 1.31. The molecule has 1 unspecified atom stereocenters. The summed E-state index contributed by atoms with van der Waals surface area (Å²) in [5.74, 6) is -2.97. The number of carbonyl (C=O) groups excluding carboxylic acids is 7. The van der Waals surface area contributed by atoms with E-state index in [0.29, 0.717) is 92.3 Å². The fourth-order valence-corrected chi connectivity index (χ4v) is 8.21. The third-order valence-electron chi connectivity index (χ3n) is 11.9. The summed E-state index contributed by atoms with van der Waals surface area (Å²) in [7, 11) is 0. The van der Waals surface area contributed by atoms with Gasteiger partial charge in [-0.1, -0.05) is 6.07 Å². The first-order chi connectivity index (χ1) is 33.1. The Morgan fingerprint density at radius 2 is 1.53 bits per heavy atom. The van der Waals surface area contributed by atoms with Crippen LogP contribution in [-0.4, -0.2) is 143 Å². The van der Waals surface area contributed by atoms with Gasteiger partial charge >= 0.3 is 0 Å². The molecule has 5 N–H and O–H groups in total. The van der Waals surface area contributed by atoms with Crippen LogP contribution < -0.4 is 31.3 Å². The van der Waals surface area contributed by atoms with Crippen LogP contribution in [0.2, 0.25) is 0 Å². The van der Waals surface area contributed by atoms with Crippen molar-refractivity contribution in [2.24, 2.45) is 5.92 Å². The van der Waals surface area contributed by atoms with Gasteiger partial charge in [-0.2, -0.15) is 15.0 Å². The zero-order valence-electron chi connectivity index (χ0n) is 37.1. The summed E-state index contributed by atoms with van der Waals surface area (Å²) in [6, 6.07) is 9.08. The number of rotatable bonds is 22. The number of aromatic nitrogens is 4. The summed E-state index contributed by atoms with van der Waals surface area (Å²) in [6.45, 7) is 1.88. The van der Waals surface area contributed by atoms with Crippen molar-refractivity contribution in [3.63, 3.8) is 0 Å². The van der Waals surface area contributed by atoms with Gasteiger partial charge in [0.2, 0.25) is 17.7 Å². The topological polar surface area (TPSA) is 287 Å². The molecule has 22 nitrogen and oxygen atoms in total. The lowest BCUT2D eigenvalue weighted by Gasteiger charge is -2.28. The van der Waals surface area contributed by atoms with E-state index in [1.165, 1.54) is 24.4 Å². The molecule has 356 valence electrons. The fraction of sp³-hybridized carbons (Fsp3) is 0.457. The second-order valence-corrected chi connectivity index (χ2v) is 16.7. The number of amides is 7. The molecule has 22 heteroatoms. The Balaban J connectivity index is 0.645. The number of nitrogens with one attached hydrogen (secondary N) is 5. The summed E-state index contributed by atoms with van der Waals surface area (Å²) in [4.78, 5) is 98.7. The van der Waals surface area contributed by atoms with E-state index in [2.05, 4.69) is 47.7 Å². The summed E-state index contributed by atoms with van der Waals surface area (Å²) in [6.07, 6.45) is 9.32. The second kappa shape index (κ2) is 22.0. The average molecular weight is 934 g/mol. The zero-order chi connectivity index (χ0) is 47.6. The summed E-state index contributed by atoms with van der Waals surface area (Å²) in [5.41, 5.74) is 2.08. The summed E-state index contributed by atoms with van der Waals surface area (Å²) >= 11 is 0. The molecule has 5 heterocycles. The number of fused-ring (bicyclic) bond motifs is 2. The lowest BCUT2D eigenvalue weighted by atomic mass is 9.85. The maximum absolute atomic E-state index is 13.5. The van der Waals surface area contributed by atoms with Gasteiger partial charge < -0.3 is 40.2 Å². The number of benzene rings is 1. The van der Waals surface area contributed by atoms with Gasteiger partial charge in [0.05, 0.1) is 73.8 Å². The minimum atomic E-state index is -1.12. The van der Waals surface area contributed by atoms with Gasteiger partial charge in [-0.3, -0.25) is 43.8 Å². The molecule has 2 aliphatic heterocycles. The van der Waals surface area contributed by atoms with E-state index < -0.39 is 42.2 Å². The van der Waals surface area contributed by atoms with Crippen molar-refractivity contribution in [3.05, 3.63) is 71.2 Å². The van der Waals surface area contributed by atoms with Gasteiger partial charge in [-0.25, -0.2) is 9.97 Å². The minimum absolute atomic E-state index is 0.00173. The van der Waals surface area contributed by atoms with Crippen molar-refractivity contribution in [1.29, 1.82) is 5.26 Å². The highest BCUT2D eigenvalue weighted by atomic mass is 16.5. The van der Waals surface area contributed by atoms with E-state index in [1.54, 1.807) is 29.2 Å². The first-order valence-corrected chi connectivity index (χ1v) is 22.6. The molecule has 3 aromatic heterocycles. The van der Waals surface area contributed by atoms with Gasteiger partial charge in [0.25, 0.3) is 23.6 Å². The maximum atomic E-state index is 13.5. The van der Waals surface area contributed by atoms with Crippen LogP contribution in [0.1, 0.15) is 88.0 Å². The SMILES string of the molecule is N#Cc1cnc2c(cnn2-c2cc(NC3CC3)c(C(=O)NC3CCC(C(=O)NCCOCCOCCOCCNC(=O)COc4cccc5c4C(=O)N(C4CCC(=O)NC4=O)C5=O)CC3)cn2)c1. The zero-order valence-corrected chi connectivity index (χ0v) is 37.1. The number of hydrogen-bond acceptors (Lipinski definition) is 16. The summed E-state index contributed by atoms with van der Waals surface area (Å²) in [5, 5.41) is 28.7. The number of nitriles is 1. The van der Waals surface area contributed by atoms with Crippen LogP contribution in [0.15, 0.2) is 48.9 Å². The highest BCUT2D eigenvalue weighted by Crippen LogP contribution is 2.34. The lowest BCUT2D eigenvalue weighted by Crippen LogP contribution is -2.54. The highest BCUT2D eigenvalue weighted by molar-refractivity contribution is 6.24. The second-order valence-electron chi connectivity index (χ2n) is 16.7. The van der Waals surface area contributed by atoms with Gasteiger partial charge in [-0.05, 0) is 63.1 Å². The quantitative estimate of drug-likeness (QED) is 0.0549. The molecule has 1 saturated heterocycles. The Morgan fingerprint density at radius 1 is 0.809 bits per heavy atom. The number of carbonyl (C=O) groups is 7. The normalized spacial score (nSPS) is 19.0. The van der Waals surface area contributed by atoms with Gasteiger partial charge in [0, 0.05) is 61.4 Å². The molecule has 2 aliphatic carbocycles. The van der Waals surface area contributed by atoms with E-state index in [4.69, 9.17) is 18.9 Å². The Kier molecular flexibility index (Phi) is 15.2. The highest BCUT2D eigenvalue weighted by Gasteiger charge is 2.46. The molecule has 1 atom stereocenters. The predicted molar refractivity (Wildman–Crippen MR) is 238 cm³/mol. The van der Waals surface area contributed by atoms with Crippen LogP contribution >= 0.6 is 0 Å². The van der Waals surface area contributed by atoms with E-state index in [1.807, 2.05) is 0 Å². The minimum Gasteiger partial charge on any atom is -0.483 e. The molecular formula is C46H51N11O11. The van der Waals surface area contributed by atoms with Crippen molar-refractivity contribution in [3.8, 4) is 17.6 Å². The van der Waals surface area contributed by atoms with Crippen molar-refractivity contribution in [2.75, 3.05) is 64.7 Å². The molecule has 4 aromatic rings. The van der Waals surface area contributed by atoms with Crippen LogP contribution in [-0.2, 0) is 33.4 Å². The van der Waals surface area contributed by atoms with Crippen LogP contribution in [0.3, 0.4) is 0 Å². The monoisotopic (exact) mass is 933 g/mol. The van der Waals surface area contributed by atoms with Gasteiger partial charge in [0.1, 0.15) is 17.9 Å². The third kappa shape index (κ3) is 11.4. The molecular weight excluding hydrogens is 883 g/mol. The van der Waals surface area contributed by atoms with Crippen LogP contribution in [0, 0.1) is 17.2 Å². The number of piperidine rings is 1. The smallest absolute Gasteiger partial charge is 0.266 e. The number of nitrogens with zero attached hydrogens (tertiary/aromatic N) is 6. The molecule has 1 aromatic carbocycles. The molecule has 0 spiro atoms. The maximum Gasteiger partial charge on any atom is 0.266 e. The molecule has 3 fully saturated rings. The molecule has 7 amide bonds. The van der Waals surface area contributed by atoms with Crippen molar-refractivity contribution in [2.45, 2.75) is 69.5 Å². The van der Waals surface area contributed by atoms with Crippen LogP contribution in [0.5, 0.6) is 5.75 Å². The molecule has 4 aliphatic rings. The number of anilines is 1. The lowest BCUT2D eigenvalue weighted by molar-refractivity contribution is -0.136. The number of pyridine rings is 2. The fourth-order valence-electron chi connectivity index (χ4n) is 8.21. The van der Waals surface area contributed by atoms with Crippen molar-refractivity contribution in [1.82, 2.24) is 45.9 Å². The number of hydrogen-bond donors (Lipinski definition) is 5. The standard InChI is InChI=1S/C46H51N11O11/c47-22-27-20-29-24-52-57(41(29)51-23-27)37-21-34(53-30-8-9-30)33(25-50-37)43(61)54-31-6-4-28(5-7-31)42(60)49-13-15-66-17-19-67-18-16-65-14-12-48-39(59)26-68-36-3-1-2-32-40(36)46(64)56(45(32)63)35-10-11-38(58)55-44(35)62/h1-3,20-21,23-25,28,30-31,35H,4-19,26H2,(H,48,59)(H,49,60)(H,50,53)(H,54,61)(H,55,58,62). The average Bonchev–Trinajstić information content (AvgIpc) is 4.00. The van der Waals surface area contributed by atoms with E-state index in [0.717, 1.165) is 17.7 Å². The largest absolute Gasteiger partial charge is 0.483 e. The first-order valence-electron chi connectivity index (χ1n) is 22.6. The number of ether oxygens (including phenoxy) is 4. The van der Waals surface area contributed by atoms with E-state index in [-0.39, 0.29) is 79.3 Å².